The Bertz CT molecular complexity index is 798. The maximum atomic E-state index is 12.6. The molecule has 1 N–H and O–H groups in total. The van der Waals surface area contributed by atoms with E-state index in [0.29, 0.717) is 28.8 Å². The van der Waals surface area contributed by atoms with Crippen molar-refractivity contribution in [1.82, 2.24) is 0 Å². The summed E-state index contributed by atoms with van der Waals surface area (Å²) in [7, 11) is 0. The molecule has 0 fully saturated rings. The van der Waals surface area contributed by atoms with Crippen LogP contribution in [0.1, 0.15) is 34.8 Å². The van der Waals surface area contributed by atoms with Crippen molar-refractivity contribution >= 4 is 22.9 Å². The summed E-state index contributed by atoms with van der Waals surface area (Å²) in [5.74, 6) is -0.117. The van der Waals surface area contributed by atoms with Gasteiger partial charge in [-0.1, -0.05) is 48.9 Å². The number of benzene rings is 2. The van der Waals surface area contributed by atoms with Gasteiger partial charge in [-0.25, -0.2) is 0 Å². The van der Waals surface area contributed by atoms with Crippen molar-refractivity contribution in [3.8, 4) is 0 Å². The van der Waals surface area contributed by atoms with Gasteiger partial charge in [0.05, 0.1) is 17.0 Å². The van der Waals surface area contributed by atoms with E-state index >= 15 is 0 Å². The van der Waals surface area contributed by atoms with E-state index in [0.717, 1.165) is 11.3 Å². The van der Waals surface area contributed by atoms with E-state index in [2.05, 4.69) is 4.99 Å². The number of hydrogen-bond acceptors (Lipinski definition) is 3. The lowest BCUT2D eigenvalue weighted by atomic mass is 10.0. The zero-order valence-corrected chi connectivity index (χ0v) is 12.6. The molecule has 1 aliphatic carbocycles. The molecule has 1 aliphatic rings. The molecule has 3 rings (SSSR count). The van der Waals surface area contributed by atoms with Gasteiger partial charge in [-0.3, -0.25) is 9.79 Å². The van der Waals surface area contributed by atoms with Gasteiger partial charge in [-0.2, -0.15) is 0 Å². The number of aryl methyl sites for hydroxylation is 1. The van der Waals surface area contributed by atoms with Crippen LogP contribution < -0.4 is 0 Å². The fourth-order valence-corrected chi connectivity index (χ4v) is 2.62. The van der Waals surface area contributed by atoms with Gasteiger partial charge in [-0.05, 0) is 25.5 Å². The number of Topliss-reactive ketones (excluding diaryl/α,β-unsaturated/α-hetero) is 1. The molecule has 3 heteroatoms. The van der Waals surface area contributed by atoms with Crippen LogP contribution in [0.2, 0.25) is 0 Å². The fourth-order valence-electron chi connectivity index (χ4n) is 2.62. The summed E-state index contributed by atoms with van der Waals surface area (Å²) in [5.41, 5.74) is 4.01. The van der Waals surface area contributed by atoms with Crippen LogP contribution >= 0.6 is 0 Å². The van der Waals surface area contributed by atoms with Crippen LogP contribution in [-0.4, -0.2) is 16.6 Å². The van der Waals surface area contributed by atoms with Gasteiger partial charge < -0.3 is 5.11 Å². The first-order valence-electron chi connectivity index (χ1n) is 7.33. The van der Waals surface area contributed by atoms with Crippen molar-refractivity contribution in [3.05, 3.63) is 70.8 Å². The molecular formula is C19H17NO2. The Balaban J connectivity index is 2.07. The van der Waals surface area contributed by atoms with Gasteiger partial charge >= 0.3 is 0 Å². The maximum absolute atomic E-state index is 12.6. The van der Waals surface area contributed by atoms with Gasteiger partial charge in [-0.15, -0.1) is 0 Å². The number of aliphatic hydroxyl groups is 1. The fraction of sp³-hybridized carbons (Fsp3) is 0.158. The second-order valence-electron chi connectivity index (χ2n) is 5.35. The highest BCUT2D eigenvalue weighted by molar-refractivity contribution is 6.35. The molecule has 0 saturated heterocycles. The molecule has 0 heterocycles. The number of rotatable bonds is 3. The molecule has 0 radical (unpaired) electrons. The van der Waals surface area contributed by atoms with Crippen molar-refractivity contribution < 1.29 is 9.90 Å². The summed E-state index contributed by atoms with van der Waals surface area (Å²) in [6.07, 6.45) is 0.576. The second kappa shape index (κ2) is 5.60. The van der Waals surface area contributed by atoms with Crippen LogP contribution in [0.3, 0.4) is 0 Å². The molecule has 3 nitrogen and oxygen atoms in total. The van der Waals surface area contributed by atoms with Gasteiger partial charge in [0.25, 0.3) is 0 Å². The number of hydrogen-bond donors (Lipinski definition) is 1. The number of carbonyl (C=O) groups excluding carboxylic acids is 1. The van der Waals surface area contributed by atoms with Gasteiger partial charge in [0.1, 0.15) is 5.76 Å². The minimum Gasteiger partial charge on any atom is -0.506 e. The molecule has 2 aromatic carbocycles. The molecule has 0 atom stereocenters. The molecular weight excluding hydrogens is 274 g/mol. The molecule has 0 aromatic heterocycles. The third-order valence-corrected chi connectivity index (χ3v) is 3.81. The number of aliphatic hydroxyl groups excluding tert-OH is 1. The predicted molar refractivity (Wildman–Crippen MR) is 88.9 cm³/mol. The van der Waals surface area contributed by atoms with Crippen LogP contribution in [0.5, 0.6) is 0 Å². The Morgan fingerprint density at radius 3 is 2.27 bits per heavy atom. The molecule has 0 spiro atoms. The average Bonchev–Trinajstić information content (AvgIpc) is 2.79. The number of ketones is 1. The van der Waals surface area contributed by atoms with E-state index in [4.69, 9.17) is 0 Å². The third-order valence-electron chi connectivity index (χ3n) is 3.81. The van der Waals surface area contributed by atoms with Crippen LogP contribution in [0.4, 0.5) is 5.69 Å². The zero-order valence-electron chi connectivity index (χ0n) is 12.6. The van der Waals surface area contributed by atoms with Crippen molar-refractivity contribution in [2.75, 3.05) is 0 Å². The lowest BCUT2D eigenvalue weighted by molar-refractivity contribution is 0.104. The summed E-state index contributed by atoms with van der Waals surface area (Å²) < 4.78 is 0. The minimum atomic E-state index is -0.152. The van der Waals surface area contributed by atoms with E-state index in [-0.39, 0.29) is 11.5 Å². The van der Waals surface area contributed by atoms with E-state index < -0.39 is 0 Å². The third kappa shape index (κ3) is 2.35. The monoisotopic (exact) mass is 291 g/mol. The quantitative estimate of drug-likeness (QED) is 0.837. The minimum absolute atomic E-state index is 0.0355. The highest BCUT2D eigenvalue weighted by atomic mass is 16.3. The number of fused-ring (bicyclic) bond motifs is 1. The summed E-state index contributed by atoms with van der Waals surface area (Å²) in [4.78, 5) is 17.1. The van der Waals surface area contributed by atoms with Gasteiger partial charge in [0.2, 0.25) is 0 Å². The smallest absolute Gasteiger partial charge is 0.199 e. The van der Waals surface area contributed by atoms with Crippen molar-refractivity contribution in [3.63, 3.8) is 0 Å². The second-order valence-corrected chi connectivity index (χ2v) is 5.35. The largest absolute Gasteiger partial charge is 0.506 e. The molecule has 0 amide bonds. The lowest BCUT2D eigenvalue weighted by Gasteiger charge is -2.05. The number of nitrogens with zero attached hydrogens (tertiary/aromatic N) is 1. The lowest BCUT2D eigenvalue weighted by Crippen LogP contribution is -2.09. The van der Waals surface area contributed by atoms with Crippen LogP contribution in [0.25, 0.3) is 5.76 Å². The summed E-state index contributed by atoms with van der Waals surface area (Å²) in [5, 5.41) is 10.4. The Morgan fingerprint density at radius 2 is 1.68 bits per heavy atom. The molecule has 2 aromatic rings. The highest BCUT2D eigenvalue weighted by Crippen LogP contribution is 2.33. The Labute approximate surface area is 129 Å². The first kappa shape index (κ1) is 14.3. The number of aliphatic imine (C=N–C) groups is 1. The van der Waals surface area contributed by atoms with Crippen molar-refractivity contribution in [1.29, 1.82) is 0 Å². The topological polar surface area (TPSA) is 49.7 Å². The summed E-state index contributed by atoms with van der Waals surface area (Å²) in [6, 6.07) is 14.9. The first-order chi connectivity index (χ1) is 10.6. The Morgan fingerprint density at radius 1 is 1.05 bits per heavy atom. The van der Waals surface area contributed by atoms with E-state index in [1.54, 1.807) is 18.2 Å². The Kier molecular flexibility index (Phi) is 3.63. The van der Waals surface area contributed by atoms with Crippen LogP contribution in [-0.2, 0) is 0 Å². The van der Waals surface area contributed by atoms with E-state index in [9.17, 15) is 9.90 Å². The Hall–Kier alpha value is -2.68. The molecule has 0 bridgehead atoms. The number of allylic oxidation sites excluding steroid dienone is 1. The van der Waals surface area contributed by atoms with E-state index in [1.807, 2.05) is 44.2 Å². The van der Waals surface area contributed by atoms with E-state index in [1.165, 1.54) is 0 Å². The SMILES string of the molecule is CCC(=Nc1ccc(C)cc1)C1=C(O)c2ccccc2C1=O. The first-order valence-corrected chi connectivity index (χ1v) is 7.33. The van der Waals surface area contributed by atoms with Crippen molar-refractivity contribution in [2.45, 2.75) is 20.3 Å². The number of carbonyl (C=O) groups is 1. The zero-order chi connectivity index (χ0) is 15.7. The molecule has 0 aliphatic heterocycles. The van der Waals surface area contributed by atoms with Crippen LogP contribution in [0.15, 0.2) is 59.1 Å². The molecule has 22 heavy (non-hydrogen) atoms. The maximum Gasteiger partial charge on any atom is 0.199 e. The van der Waals surface area contributed by atoms with Gasteiger partial charge in [0, 0.05) is 11.1 Å². The van der Waals surface area contributed by atoms with Gasteiger partial charge in [0.15, 0.2) is 5.78 Å². The predicted octanol–water partition coefficient (Wildman–Crippen LogP) is 4.64. The summed E-state index contributed by atoms with van der Waals surface area (Å²) >= 11 is 0. The molecule has 0 unspecified atom stereocenters. The normalized spacial score (nSPS) is 14.5. The van der Waals surface area contributed by atoms with Crippen molar-refractivity contribution in [2.24, 2.45) is 4.99 Å². The highest BCUT2D eigenvalue weighted by Gasteiger charge is 2.31. The average molecular weight is 291 g/mol. The van der Waals surface area contributed by atoms with Crippen LogP contribution in [0, 0.1) is 6.92 Å². The molecule has 110 valence electrons. The standard InChI is InChI=1S/C19H17NO2/c1-3-16(20-13-10-8-12(2)9-11-13)17-18(21)14-6-4-5-7-15(14)19(17)22/h4-11,21H,3H2,1-2H3. The molecule has 0 saturated carbocycles. The summed E-state index contributed by atoms with van der Waals surface area (Å²) in [6.45, 7) is 3.95.